The van der Waals surface area contributed by atoms with Crippen molar-refractivity contribution in [2.24, 2.45) is 5.92 Å². The van der Waals surface area contributed by atoms with Crippen LogP contribution in [0.5, 0.6) is 0 Å². The number of rotatable bonds is 5. The molecule has 3 aromatic carbocycles. The van der Waals surface area contributed by atoms with E-state index < -0.39 is 11.6 Å². The van der Waals surface area contributed by atoms with Gasteiger partial charge in [0.1, 0.15) is 0 Å². The molecular formula is C30H30F2N2O3. The molecule has 192 valence electrons. The lowest BCUT2D eigenvalue weighted by molar-refractivity contribution is -0.142. The summed E-state index contributed by atoms with van der Waals surface area (Å²) in [5.74, 6) is -1.12. The molecule has 0 atom stereocenters. The maximum Gasteiger partial charge on any atom is 0.326 e. The fourth-order valence-electron chi connectivity index (χ4n) is 5.52. The molecule has 1 N–H and O–H groups in total. The van der Waals surface area contributed by atoms with Gasteiger partial charge in [0.25, 0.3) is 0 Å². The smallest absolute Gasteiger partial charge is 0.326 e. The number of nitrogens with zero attached hydrogens (tertiary/aromatic N) is 1. The Hall–Kier alpha value is -3.74. The zero-order valence-corrected chi connectivity index (χ0v) is 20.8. The molecule has 0 aromatic heterocycles. The van der Waals surface area contributed by atoms with Gasteiger partial charge in [0.2, 0.25) is 0 Å². The summed E-state index contributed by atoms with van der Waals surface area (Å²) in [7, 11) is 1.45. The first kappa shape index (κ1) is 24.9. The molecule has 0 unspecified atom stereocenters. The Kier molecular flexibility index (Phi) is 7.22. The maximum atomic E-state index is 13.5. The van der Waals surface area contributed by atoms with E-state index in [4.69, 9.17) is 4.74 Å². The quantitative estimate of drug-likeness (QED) is 0.378. The van der Waals surface area contributed by atoms with Crippen molar-refractivity contribution in [3.8, 4) is 11.1 Å². The van der Waals surface area contributed by atoms with Crippen LogP contribution in [0.15, 0.2) is 60.7 Å². The highest BCUT2D eigenvalue weighted by Crippen LogP contribution is 2.38. The van der Waals surface area contributed by atoms with Gasteiger partial charge in [-0.3, -0.25) is 9.69 Å². The first-order valence-corrected chi connectivity index (χ1v) is 12.7. The maximum absolute atomic E-state index is 13.5. The summed E-state index contributed by atoms with van der Waals surface area (Å²) >= 11 is 0. The van der Waals surface area contributed by atoms with Crippen molar-refractivity contribution >= 4 is 23.4 Å². The number of benzene rings is 3. The van der Waals surface area contributed by atoms with Crippen molar-refractivity contribution < 1.29 is 23.1 Å². The highest BCUT2D eigenvalue weighted by molar-refractivity contribution is 6.03. The van der Waals surface area contributed by atoms with E-state index in [1.165, 1.54) is 18.7 Å². The topological polar surface area (TPSA) is 58.6 Å². The number of hydrogen-bond donors (Lipinski definition) is 1. The van der Waals surface area contributed by atoms with Gasteiger partial charge in [0.15, 0.2) is 11.6 Å². The zero-order valence-electron chi connectivity index (χ0n) is 20.8. The van der Waals surface area contributed by atoms with Crippen LogP contribution in [0.25, 0.3) is 11.1 Å². The summed E-state index contributed by atoms with van der Waals surface area (Å²) in [6, 6.07) is 17.7. The minimum atomic E-state index is -0.999. The van der Waals surface area contributed by atoms with E-state index in [0.29, 0.717) is 24.8 Å². The number of carbonyl (C=O) groups is 2. The third-order valence-corrected chi connectivity index (χ3v) is 7.64. The third-order valence-electron chi connectivity index (χ3n) is 7.64. The SMILES string of the molecule is COC(=O)CC1CCC(c2ccc(-c3ccc4c(c3)CCN4C(=O)Nc3ccc(F)c(F)c3)cc2)CC1. The number of methoxy groups -OCH3 is 1. The minimum Gasteiger partial charge on any atom is -0.469 e. The predicted octanol–water partition coefficient (Wildman–Crippen LogP) is 7.06. The standard InChI is InChI=1S/C30H30F2N2O3/c1-37-29(35)16-19-2-4-20(5-3-19)21-6-8-22(9-7-21)23-10-13-28-24(17-23)14-15-34(28)30(36)33-25-11-12-26(31)27(32)18-25/h6-13,17-20H,2-5,14-16H2,1H3,(H,33,36). The summed E-state index contributed by atoms with van der Waals surface area (Å²) in [6.45, 7) is 0.520. The number of esters is 1. The number of carbonyl (C=O) groups excluding carboxylic acids is 2. The minimum absolute atomic E-state index is 0.117. The number of ether oxygens (including phenoxy) is 1. The van der Waals surface area contributed by atoms with E-state index in [1.807, 2.05) is 12.1 Å². The van der Waals surface area contributed by atoms with Gasteiger partial charge < -0.3 is 10.1 Å². The molecule has 1 aliphatic carbocycles. The van der Waals surface area contributed by atoms with Gasteiger partial charge in [-0.15, -0.1) is 0 Å². The Morgan fingerprint density at radius 2 is 1.65 bits per heavy atom. The van der Waals surface area contributed by atoms with Crippen LogP contribution in [-0.2, 0) is 16.0 Å². The normalized spacial score (nSPS) is 18.8. The van der Waals surface area contributed by atoms with E-state index in [2.05, 4.69) is 35.6 Å². The fraction of sp³-hybridized carbons (Fsp3) is 0.333. The molecule has 3 aromatic rings. The van der Waals surface area contributed by atoms with Crippen LogP contribution in [0.1, 0.15) is 49.1 Å². The van der Waals surface area contributed by atoms with Gasteiger partial charge in [-0.2, -0.15) is 0 Å². The summed E-state index contributed by atoms with van der Waals surface area (Å²) in [5.41, 5.74) is 5.66. The first-order valence-electron chi connectivity index (χ1n) is 12.7. The number of urea groups is 1. The summed E-state index contributed by atoms with van der Waals surface area (Å²) < 4.78 is 31.5. The van der Waals surface area contributed by atoms with Crippen molar-refractivity contribution in [2.45, 2.75) is 44.4 Å². The molecule has 0 radical (unpaired) electrons. The van der Waals surface area contributed by atoms with Crippen molar-refractivity contribution in [1.82, 2.24) is 0 Å². The second-order valence-corrected chi connectivity index (χ2v) is 9.92. The predicted molar refractivity (Wildman–Crippen MR) is 140 cm³/mol. The first-order chi connectivity index (χ1) is 17.9. The molecular weight excluding hydrogens is 474 g/mol. The van der Waals surface area contributed by atoms with Crippen LogP contribution in [0.4, 0.5) is 25.0 Å². The zero-order chi connectivity index (χ0) is 25.9. The summed E-state index contributed by atoms with van der Waals surface area (Å²) in [4.78, 5) is 26.0. The lowest BCUT2D eigenvalue weighted by Crippen LogP contribution is -2.33. The molecule has 0 bridgehead atoms. The molecule has 1 fully saturated rings. The Labute approximate surface area is 215 Å². The van der Waals surface area contributed by atoms with Crippen molar-refractivity contribution in [3.05, 3.63) is 83.4 Å². The Morgan fingerprint density at radius 3 is 2.35 bits per heavy atom. The van der Waals surface area contributed by atoms with Gasteiger partial charge in [-0.1, -0.05) is 30.3 Å². The Balaban J connectivity index is 1.22. The van der Waals surface area contributed by atoms with Crippen LogP contribution in [-0.4, -0.2) is 25.7 Å². The molecule has 1 heterocycles. The van der Waals surface area contributed by atoms with Crippen molar-refractivity contribution in [1.29, 1.82) is 0 Å². The number of halogens is 2. The lowest BCUT2D eigenvalue weighted by Gasteiger charge is -2.28. The second kappa shape index (κ2) is 10.7. The number of fused-ring (bicyclic) bond motifs is 1. The Bertz CT molecular complexity index is 1300. The number of amides is 2. The van der Waals surface area contributed by atoms with Gasteiger partial charge in [0, 0.05) is 30.4 Å². The molecule has 7 heteroatoms. The molecule has 5 nitrogen and oxygen atoms in total. The van der Waals surface area contributed by atoms with Crippen LogP contribution < -0.4 is 10.2 Å². The molecule has 5 rings (SSSR count). The van der Waals surface area contributed by atoms with Crippen LogP contribution >= 0.6 is 0 Å². The molecule has 0 saturated heterocycles. The van der Waals surface area contributed by atoms with Gasteiger partial charge >= 0.3 is 12.0 Å². The molecule has 1 aliphatic heterocycles. The van der Waals surface area contributed by atoms with E-state index in [-0.39, 0.29) is 17.7 Å². The average molecular weight is 505 g/mol. The van der Waals surface area contributed by atoms with Crippen molar-refractivity contribution in [2.75, 3.05) is 23.9 Å². The fourth-order valence-corrected chi connectivity index (χ4v) is 5.52. The Morgan fingerprint density at radius 1 is 0.919 bits per heavy atom. The second-order valence-electron chi connectivity index (χ2n) is 9.92. The average Bonchev–Trinajstić information content (AvgIpc) is 3.35. The van der Waals surface area contributed by atoms with Gasteiger partial charge in [0.05, 0.1) is 7.11 Å². The van der Waals surface area contributed by atoms with Crippen molar-refractivity contribution in [3.63, 3.8) is 0 Å². The highest BCUT2D eigenvalue weighted by Gasteiger charge is 2.26. The molecule has 2 aliphatic rings. The van der Waals surface area contributed by atoms with E-state index in [9.17, 15) is 18.4 Å². The summed E-state index contributed by atoms with van der Waals surface area (Å²) in [5, 5.41) is 2.65. The van der Waals surface area contributed by atoms with Gasteiger partial charge in [-0.05, 0) is 90.5 Å². The van der Waals surface area contributed by atoms with Gasteiger partial charge in [-0.25, -0.2) is 13.6 Å². The third kappa shape index (κ3) is 5.50. The molecule has 2 amide bonds. The lowest BCUT2D eigenvalue weighted by atomic mass is 9.77. The van der Waals surface area contributed by atoms with E-state index in [1.54, 1.807) is 4.90 Å². The number of anilines is 2. The summed E-state index contributed by atoms with van der Waals surface area (Å²) in [6.07, 6.45) is 5.51. The number of nitrogens with one attached hydrogen (secondary N) is 1. The number of hydrogen-bond acceptors (Lipinski definition) is 3. The largest absolute Gasteiger partial charge is 0.469 e. The van der Waals surface area contributed by atoms with E-state index >= 15 is 0 Å². The molecule has 37 heavy (non-hydrogen) atoms. The van der Waals surface area contributed by atoms with E-state index in [0.717, 1.165) is 66.6 Å². The molecule has 1 saturated carbocycles. The van der Waals surface area contributed by atoms with Crippen LogP contribution in [0, 0.1) is 17.6 Å². The highest BCUT2D eigenvalue weighted by atomic mass is 19.2. The van der Waals surface area contributed by atoms with Crippen LogP contribution in [0.2, 0.25) is 0 Å². The van der Waals surface area contributed by atoms with Crippen LogP contribution in [0.3, 0.4) is 0 Å². The molecule has 0 spiro atoms. The monoisotopic (exact) mass is 504 g/mol.